The molecule has 0 radical (unpaired) electrons. The summed E-state index contributed by atoms with van der Waals surface area (Å²) < 4.78 is 0. The number of nitrogens with one attached hydrogen (secondary N) is 1. The zero-order valence-corrected chi connectivity index (χ0v) is 12.7. The number of hydrogen-bond acceptors (Lipinski definition) is 1. The van der Waals surface area contributed by atoms with Gasteiger partial charge in [-0.3, -0.25) is 0 Å². The fourth-order valence-corrected chi connectivity index (χ4v) is 2.59. The largest absolute Gasteiger partial charge is 0.313 e. The van der Waals surface area contributed by atoms with Crippen LogP contribution in [0.4, 0.5) is 0 Å². The molecule has 1 rings (SSSR count). The zero-order valence-electron chi connectivity index (χ0n) is 12.0. The van der Waals surface area contributed by atoms with Gasteiger partial charge in [0, 0.05) is 12.4 Å². The summed E-state index contributed by atoms with van der Waals surface area (Å²) in [5.41, 5.74) is 5.63. The molecule has 18 heavy (non-hydrogen) atoms. The van der Waals surface area contributed by atoms with Gasteiger partial charge in [0.2, 0.25) is 0 Å². The van der Waals surface area contributed by atoms with Crippen molar-refractivity contribution in [3.05, 3.63) is 34.4 Å². The summed E-state index contributed by atoms with van der Waals surface area (Å²) in [5.74, 6) is 0.801. The Morgan fingerprint density at radius 1 is 0.944 bits per heavy atom. The van der Waals surface area contributed by atoms with Crippen LogP contribution < -0.4 is 5.32 Å². The van der Waals surface area contributed by atoms with Crippen molar-refractivity contribution in [3.8, 4) is 0 Å². The van der Waals surface area contributed by atoms with Crippen LogP contribution in [-0.4, -0.2) is 12.4 Å². The molecule has 0 saturated heterocycles. The maximum Gasteiger partial charge on any atom is 0.0223 e. The zero-order chi connectivity index (χ0) is 13.4. The topological polar surface area (TPSA) is 12.0 Å². The van der Waals surface area contributed by atoms with Crippen molar-refractivity contribution in [2.24, 2.45) is 0 Å². The van der Waals surface area contributed by atoms with E-state index in [-0.39, 0.29) is 0 Å². The third-order valence-electron chi connectivity index (χ3n) is 3.38. The molecule has 2 heteroatoms. The van der Waals surface area contributed by atoms with Gasteiger partial charge in [0.15, 0.2) is 0 Å². The molecule has 0 aliphatic heterocycles. The fourth-order valence-electron chi connectivity index (χ4n) is 2.40. The standard InChI is InChI=1S/C16H26ClN/c1-13-10-14(2)16(15(3)11-13)12-18-9-7-5-4-6-8-17/h10-11,18H,4-9,12H2,1-3H3. The lowest BCUT2D eigenvalue weighted by molar-refractivity contribution is 0.597. The summed E-state index contributed by atoms with van der Waals surface area (Å²) in [6, 6.07) is 4.54. The first-order valence-corrected chi connectivity index (χ1v) is 7.52. The van der Waals surface area contributed by atoms with Crippen LogP contribution in [0.15, 0.2) is 12.1 Å². The molecule has 102 valence electrons. The quantitative estimate of drug-likeness (QED) is 0.540. The van der Waals surface area contributed by atoms with Gasteiger partial charge < -0.3 is 5.32 Å². The van der Waals surface area contributed by atoms with Gasteiger partial charge in [-0.15, -0.1) is 11.6 Å². The molecule has 0 fully saturated rings. The number of aryl methyl sites for hydroxylation is 3. The second kappa shape index (κ2) is 8.55. The summed E-state index contributed by atoms with van der Waals surface area (Å²) in [7, 11) is 0. The number of benzene rings is 1. The Morgan fingerprint density at radius 2 is 1.56 bits per heavy atom. The maximum absolute atomic E-state index is 5.65. The Morgan fingerprint density at radius 3 is 2.17 bits per heavy atom. The van der Waals surface area contributed by atoms with Gasteiger partial charge in [0.05, 0.1) is 0 Å². The monoisotopic (exact) mass is 267 g/mol. The number of unbranched alkanes of at least 4 members (excludes halogenated alkanes) is 3. The predicted molar refractivity (Wildman–Crippen MR) is 81.5 cm³/mol. The molecule has 0 aliphatic carbocycles. The van der Waals surface area contributed by atoms with Crippen molar-refractivity contribution in [2.45, 2.75) is 53.0 Å². The average molecular weight is 268 g/mol. The first-order chi connectivity index (χ1) is 8.65. The van der Waals surface area contributed by atoms with E-state index in [1.165, 1.54) is 41.5 Å². The van der Waals surface area contributed by atoms with E-state index in [1.807, 2.05) is 0 Å². The van der Waals surface area contributed by atoms with E-state index in [9.17, 15) is 0 Å². The summed E-state index contributed by atoms with van der Waals surface area (Å²) in [6.45, 7) is 8.67. The average Bonchev–Trinajstić information content (AvgIpc) is 2.30. The first-order valence-electron chi connectivity index (χ1n) is 6.98. The van der Waals surface area contributed by atoms with Crippen molar-refractivity contribution in [2.75, 3.05) is 12.4 Å². The van der Waals surface area contributed by atoms with E-state index in [0.29, 0.717) is 0 Å². The number of alkyl halides is 1. The fraction of sp³-hybridized carbons (Fsp3) is 0.625. The minimum absolute atomic E-state index is 0.801. The molecule has 0 spiro atoms. The lowest BCUT2D eigenvalue weighted by atomic mass is 10.00. The van der Waals surface area contributed by atoms with E-state index in [4.69, 9.17) is 11.6 Å². The number of rotatable bonds is 8. The Hall–Kier alpha value is -0.530. The van der Waals surface area contributed by atoms with E-state index >= 15 is 0 Å². The molecule has 0 unspecified atom stereocenters. The van der Waals surface area contributed by atoms with Crippen molar-refractivity contribution in [1.82, 2.24) is 5.32 Å². The lowest BCUT2D eigenvalue weighted by Gasteiger charge is -2.12. The van der Waals surface area contributed by atoms with Gasteiger partial charge in [-0.05, 0) is 56.8 Å². The molecular weight excluding hydrogens is 242 g/mol. The van der Waals surface area contributed by atoms with Crippen LogP contribution in [0.25, 0.3) is 0 Å². The van der Waals surface area contributed by atoms with Gasteiger partial charge in [-0.25, -0.2) is 0 Å². The third kappa shape index (κ3) is 5.41. The van der Waals surface area contributed by atoms with Crippen LogP contribution in [0.1, 0.15) is 47.9 Å². The van der Waals surface area contributed by atoms with Gasteiger partial charge in [-0.2, -0.15) is 0 Å². The SMILES string of the molecule is Cc1cc(C)c(CNCCCCCCCl)c(C)c1. The predicted octanol–water partition coefficient (Wildman–Crippen LogP) is 4.50. The maximum atomic E-state index is 5.65. The van der Waals surface area contributed by atoms with Crippen LogP contribution in [-0.2, 0) is 6.54 Å². The van der Waals surface area contributed by atoms with E-state index in [2.05, 4.69) is 38.2 Å². The molecule has 1 aromatic carbocycles. The molecule has 1 nitrogen and oxygen atoms in total. The molecule has 0 atom stereocenters. The highest BCUT2D eigenvalue weighted by atomic mass is 35.5. The first kappa shape index (κ1) is 15.5. The highest BCUT2D eigenvalue weighted by molar-refractivity contribution is 6.17. The summed E-state index contributed by atoms with van der Waals surface area (Å²) in [4.78, 5) is 0. The molecular formula is C16H26ClN. The van der Waals surface area contributed by atoms with Gasteiger partial charge in [0.25, 0.3) is 0 Å². The Kier molecular flexibility index (Phi) is 7.38. The van der Waals surface area contributed by atoms with E-state index in [1.54, 1.807) is 0 Å². The Bertz CT molecular complexity index is 337. The molecule has 0 aliphatic rings. The van der Waals surface area contributed by atoms with Gasteiger partial charge in [0.1, 0.15) is 0 Å². The van der Waals surface area contributed by atoms with Crippen molar-refractivity contribution < 1.29 is 0 Å². The van der Waals surface area contributed by atoms with Crippen molar-refractivity contribution in [3.63, 3.8) is 0 Å². The van der Waals surface area contributed by atoms with Crippen LogP contribution in [0.5, 0.6) is 0 Å². The normalized spacial score (nSPS) is 10.9. The molecule has 0 heterocycles. The van der Waals surface area contributed by atoms with Crippen LogP contribution >= 0.6 is 11.6 Å². The highest BCUT2D eigenvalue weighted by Gasteiger charge is 2.02. The van der Waals surface area contributed by atoms with Crippen LogP contribution in [0, 0.1) is 20.8 Å². The van der Waals surface area contributed by atoms with Gasteiger partial charge >= 0.3 is 0 Å². The molecule has 1 N–H and O–H groups in total. The van der Waals surface area contributed by atoms with Crippen LogP contribution in [0.3, 0.4) is 0 Å². The molecule has 0 saturated carbocycles. The molecule has 0 bridgehead atoms. The second-order valence-electron chi connectivity index (χ2n) is 5.16. The summed E-state index contributed by atoms with van der Waals surface area (Å²) in [6.07, 6.45) is 4.94. The molecule has 0 amide bonds. The summed E-state index contributed by atoms with van der Waals surface area (Å²) >= 11 is 5.65. The molecule has 1 aromatic rings. The van der Waals surface area contributed by atoms with Crippen LogP contribution in [0.2, 0.25) is 0 Å². The van der Waals surface area contributed by atoms with Crippen molar-refractivity contribution >= 4 is 11.6 Å². The Balaban J connectivity index is 2.27. The van der Waals surface area contributed by atoms with Gasteiger partial charge in [-0.1, -0.05) is 30.5 Å². The lowest BCUT2D eigenvalue weighted by Crippen LogP contribution is -2.16. The number of hydrogen-bond donors (Lipinski definition) is 1. The minimum Gasteiger partial charge on any atom is -0.313 e. The number of halogens is 1. The third-order valence-corrected chi connectivity index (χ3v) is 3.65. The Labute approximate surface area is 117 Å². The minimum atomic E-state index is 0.801. The summed E-state index contributed by atoms with van der Waals surface area (Å²) in [5, 5.41) is 3.55. The molecule has 0 aromatic heterocycles. The highest BCUT2D eigenvalue weighted by Crippen LogP contribution is 2.16. The van der Waals surface area contributed by atoms with Crippen molar-refractivity contribution in [1.29, 1.82) is 0 Å². The van der Waals surface area contributed by atoms with E-state index in [0.717, 1.165) is 25.4 Å². The second-order valence-corrected chi connectivity index (χ2v) is 5.54. The van der Waals surface area contributed by atoms with E-state index < -0.39 is 0 Å². The smallest absolute Gasteiger partial charge is 0.0223 e.